The second-order valence-corrected chi connectivity index (χ2v) is 6.77. The van der Waals surface area contributed by atoms with Gasteiger partial charge < -0.3 is 5.32 Å². The van der Waals surface area contributed by atoms with Crippen LogP contribution in [0.2, 0.25) is 0 Å². The van der Waals surface area contributed by atoms with Gasteiger partial charge in [-0.1, -0.05) is 52.0 Å². The molecule has 0 amide bonds. The van der Waals surface area contributed by atoms with Gasteiger partial charge >= 0.3 is 0 Å². The lowest BCUT2D eigenvalue weighted by Gasteiger charge is -2.44. The van der Waals surface area contributed by atoms with E-state index in [9.17, 15) is 0 Å². The van der Waals surface area contributed by atoms with Gasteiger partial charge in [-0.15, -0.1) is 0 Å². The normalized spacial score (nSPS) is 18.1. The minimum atomic E-state index is 0.521. The SMILES string of the molecule is CC(C)CC1(Cc2ccc(C(C)C)cc2)CNC1. The molecule has 0 bridgehead atoms. The first-order valence-electron chi connectivity index (χ1n) is 7.30. The van der Waals surface area contributed by atoms with Gasteiger partial charge in [-0.25, -0.2) is 0 Å². The van der Waals surface area contributed by atoms with Crippen LogP contribution in [0.4, 0.5) is 0 Å². The highest BCUT2D eigenvalue weighted by Gasteiger charge is 2.37. The van der Waals surface area contributed by atoms with E-state index in [1.807, 2.05) is 0 Å². The van der Waals surface area contributed by atoms with Crippen LogP contribution in [0.25, 0.3) is 0 Å². The summed E-state index contributed by atoms with van der Waals surface area (Å²) in [6.07, 6.45) is 2.57. The third kappa shape index (κ3) is 3.14. The zero-order valence-corrected chi connectivity index (χ0v) is 12.3. The minimum absolute atomic E-state index is 0.521. The Labute approximate surface area is 112 Å². The Morgan fingerprint density at radius 3 is 2.06 bits per heavy atom. The maximum absolute atomic E-state index is 3.46. The van der Waals surface area contributed by atoms with E-state index in [2.05, 4.69) is 57.3 Å². The van der Waals surface area contributed by atoms with Gasteiger partial charge in [0.1, 0.15) is 0 Å². The van der Waals surface area contributed by atoms with Crippen molar-refractivity contribution in [1.29, 1.82) is 0 Å². The highest BCUT2D eigenvalue weighted by molar-refractivity contribution is 5.26. The monoisotopic (exact) mass is 245 g/mol. The van der Waals surface area contributed by atoms with Crippen LogP contribution < -0.4 is 5.32 Å². The van der Waals surface area contributed by atoms with Gasteiger partial charge in [-0.3, -0.25) is 0 Å². The number of hydrogen-bond donors (Lipinski definition) is 1. The molecule has 1 N–H and O–H groups in total. The fraction of sp³-hybridized carbons (Fsp3) is 0.647. The first-order chi connectivity index (χ1) is 8.51. The molecule has 0 unspecified atom stereocenters. The van der Waals surface area contributed by atoms with Crippen LogP contribution >= 0.6 is 0 Å². The largest absolute Gasteiger partial charge is 0.316 e. The molecule has 0 saturated carbocycles. The van der Waals surface area contributed by atoms with Crippen LogP contribution in [0.15, 0.2) is 24.3 Å². The van der Waals surface area contributed by atoms with E-state index < -0.39 is 0 Å². The van der Waals surface area contributed by atoms with Gasteiger partial charge in [-0.05, 0) is 41.2 Å². The van der Waals surface area contributed by atoms with Crippen molar-refractivity contribution < 1.29 is 0 Å². The summed E-state index contributed by atoms with van der Waals surface area (Å²) < 4.78 is 0. The van der Waals surface area contributed by atoms with Crippen LogP contribution in [-0.4, -0.2) is 13.1 Å². The van der Waals surface area contributed by atoms with E-state index in [0.29, 0.717) is 11.3 Å². The fourth-order valence-corrected chi connectivity index (χ4v) is 3.14. The lowest BCUT2D eigenvalue weighted by molar-refractivity contribution is 0.131. The lowest BCUT2D eigenvalue weighted by atomic mass is 9.71. The van der Waals surface area contributed by atoms with E-state index in [-0.39, 0.29) is 0 Å². The molecule has 18 heavy (non-hydrogen) atoms. The Hall–Kier alpha value is -0.820. The van der Waals surface area contributed by atoms with E-state index >= 15 is 0 Å². The molecule has 1 aromatic rings. The van der Waals surface area contributed by atoms with Crippen molar-refractivity contribution in [2.75, 3.05) is 13.1 Å². The van der Waals surface area contributed by atoms with Gasteiger partial charge in [0, 0.05) is 13.1 Å². The molecule has 100 valence electrons. The predicted octanol–water partition coefficient (Wildman–Crippen LogP) is 3.99. The van der Waals surface area contributed by atoms with Crippen molar-refractivity contribution in [1.82, 2.24) is 5.32 Å². The Bertz CT molecular complexity index is 371. The topological polar surface area (TPSA) is 12.0 Å². The quantitative estimate of drug-likeness (QED) is 0.827. The number of hydrogen-bond acceptors (Lipinski definition) is 1. The molecule has 1 aliphatic rings. The molecular formula is C17H27N. The molecule has 1 nitrogen and oxygen atoms in total. The average Bonchev–Trinajstić information content (AvgIpc) is 2.26. The summed E-state index contributed by atoms with van der Waals surface area (Å²) in [5, 5.41) is 3.46. The predicted molar refractivity (Wildman–Crippen MR) is 79.0 cm³/mol. The molecule has 1 aromatic carbocycles. The van der Waals surface area contributed by atoms with Gasteiger partial charge in [0.15, 0.2) is 0 Å². The first kappa shape index (κ1) is 13.6. The standard InChI is InChI=1S/C17H27N/c1-13(2)9-17(11-18-12-17)10-15-5-7-16(8-6-15)14(3)4/h5-8,13-14,18H,9-12H2,1-4H3. The molecule has 0 atom stereocenters. The zero-order chi connectivity index (χ0) is 13.2. The van der Waals surface area contributed by atoms with Crippen molar-refractivity contribution in [3.63, 3.8) is 0 Å². The number of nitrogens with one attached hydrogen (secondary N) is 1. The second-order valence-electron chi connectivity index (χ2n) is 6.77. The van der Waals surface area contributed by atoms with Crippen LogP contribution in [0.1, 0.15) is 51.2 Å². The fourth-order valence-electron chi connectivity index (χ4n) is 3.14. The van der Waals surface area contributed by atoms with E-state index in [1.54, 1.807) is 0 Å². The van der Waals surface area contributed by atoms with E-state index in [0.717, 1.165) is 5.92 Å². The second kappa shape index (κ2) is 5.44. The number of rotatable bonds is 5. The molecule has 0 aromatic heterocycles. The van der Waals surface area contributed by atoms with Gasteiger partial charge in [0.05, 0.1) is 0 Å². The van der Waals surface area contributed by atoms with Crippen LogP contribution in [0.3, 0.4) is 0 Å². The molecule has 1 fully saturated rings. The Kier molecular flexibility index (Phi) is 4.11. The smallest absolute Gasteiger partial charge is 0.00235 e. The number of benzene rings is 1. The molecule has 0 aliphatic carbocycles. The third-order valence-electron chi connectivity index (χ3n) is 4.07. The first-order valence-corrected chi connectivity index (χ1v) is 7.30. The summed E-state index contributed by atoms with van der Waals surface area (Å²) in [4.78, 5) is 0. The highest BCUT2D eigenvalue weighted by Crippen LogP contribution is 2.34. The molecular weight excluding hydrogens is 218 g/mol. The van der Waals surface area contributed by atoms with Crippen molar-refractivity contribution in [3.05, 3.63) is 35.4 Å². The molecule has 1 aliphatic heterocycles. The van der Waals surface area contributed by atoms with Crippen LogP contribution in [-0.2, 0) is 6.42 Å². The Morgan fingerprint density at radius 1 is 1.06 bits per heavy atom. The van der Waals surface area contributed by atoms with Crippen molar-refractivity contribution >= 4 is 0 Å². The Balaban J connectivity index is 2.03. The van der Waals surface area contributed by atoms with E-state index in [4.69, 9.17) is 0 Å². The summed E-state index contributed by atoms with van der Waals surface area (Å²) in [5.41, 5.74) is 3.47. The van der Waals surface area contributed by atoms with Gasteiger partial charge in [0.25, 0.3) is 0 Å². The lowest BCUT2D eigenvalue weighted by Crippen LogP contribution is -2.55. The summed E-state index contributed by atoms with van der Waals surface area (Å²) >= 11 is 0. The van der Waals surface area contributed by atoms with Gasteiger partial charge in [0.2, 0.25) is 0 Å². The summed E-state index contributed by atoms with van der Waals surface area (Å²) in [6.45, 7) is 11.6. The maximum Gasteiger partial charge on any atom is 0.00235 e. The van der Waals surface area contributed by atoms with Crippen molar-refractivity contribution in [2.45, 2.75) is 46.5 Å². The summed E-state index contributed by atoms with van der Waals surface area (Å²) in [5.74, 6) is 1.43. The summed E-state index contributed by atoms with van der Waals surface area (Å²) in [6, 6.07) is 9.26. The maximum atomic E-state index is 3.46. The minimum Gasteiger partial charge on any atom is -0.316 e. The molecule has 0 radical (unpaired) electrons. The Morgan fingerprint density at radius 2 is 1.67 bits per heavy atom. The van der Waals surface area contributed by atoms with Gasteiger partial charge in [-0.2, -0.15) is 0 Å². The third-order valence-corrected chi connectivity index (χ3v) is 4.07. The molecule has 1 heteroatoms. The summed E-state index contributed by atoms with van der Waals surface area (Å²) in [7, 11) is 0. The zero-order valence-electron chi connectivity index (χ0n) is 12.3. The average molecular weight is 245 g/mol. The van der Waals surface area contributed by atoms with E-state index in [1.165, 1.54) is 37.1 Å². The van der Waals surface area contributed by atoms with Crippen molar-refractivity contribution in [3.8, 4) is 0 Å². The molecule has 1 saturated heterocycles. The molecule has 1 heterocycles. The van der Waals surface area contributed by atoms with Crippen molar-refractivity contribution in [2.24, 2.45) is 11.3 Å². The molecule has 0 spiro atoms. The highest BCUT2D eigenvalue weighted by atomic mass is 15.0. The van der Waals surface area contributed by atoms with Crippen LogP contribution in [0.5, 0.6) is 0 Å². The van der Waals surface area contributed by atoms with Crippen LogP contribution in [0, 0.1) is 11.3 Å². The molecule has 2 rings (SSSR count).